The predicted molar refractivity (Wildman–Crippen MR) is 53.7 cm³/mol. The molecule has 0 heterocycles. The molecule has 0 saturated heterocycles. The summed E-state index contributed by atoms with van der Waals surface area (Å²) in [4.78, 5) is 0. The van der Waals surface area contributed by atoms with Gasteiger partial charge in [0, 0.05) is 13.2 Å². The zero-order valence-corrected chi connectivity index (χ0v) is 9.58. The molecule has 0 bridgehead atoms. The van der Waals surface area contributed by atoms with Crippen molar-refractivity contribution in [2.24, 2.45) is 0 Å². The van der Waals surface area contributed by atoms with Gasteiger partial charge in [-0.25, -0.2) is 0 Å². The minimum absolute atomic E-state index is 0. The number of rotatable bonds is 7. The van der Waals surface area contributed by atoms with E-state index in [0.29, 0.717) is 0 Å². The summed E-state index contributed by atoms with van der Waals surface area (Å²) < 4.78 is 11.0. The average molecular weight is 194 g/mol. The Morgan fingerprint density at radius 2 is 1.50 bits per heavy atom. The van der Waals surface area contributed by atoms with Gasteiger partial charge in [-0.3, -0.25) is 0 Å². The zero-order valence-electron chi connectivity index (χ0n) is 8.43. The lowest BCUT2D eigenvalue weighted by Crippen LogP contribution is -2.22. The third-order valence-electron chi connectivity index (χ3n) is 1.50. The molecule has 0 aliphatic heterocycles. The maximum absolute atomic E-state index is 5.50. The highest BCUT2D eigenvalue weighted by Crippen LogP contribution is 2.03. The van der Waals surface area contributed by atoms with Crippen molar-refractivity contribution < 1.29 is 14.3 Å². The lowest BCUT2D eigenvalue weighted by atomic mass is 10.4. The molecule has 2 N–H and O–H groups in total. The van der Waals surface area contributed by atoms with Gasteiger partial charge in [-0.1, -0.05) is 19.8 Å². The second kappa shape index (κ2) is 11.1. The maximum Gasteiger partial charge on any atom is 0.321 e. The van der Waals surface area contributed by atoms with Crippen molar-refractivity contribution in [3.8, 4) is 0 Å². The van der Waals surface area contributed by atoms with Crippen LogP contribution in [-0.2, 0) is 8.85 Å². The second-order valence-electron chi connectivity index (χ2n) is 2.48. The highest BCUT2D eigenvalue weighted by molar-refractivity contribution is 6.44. The summed E-state index contributed by atoms with van der Waals surface area (Å²) in [7, 11) is -1.25. The first kappa shape index (κ1) is 14.6. The molecule has 0 fully saturated rings. The highest BCUT2D eigenvalue weighted by atomic mass is 28.3. The van der Waals surface area contributed by atoms with Crippen molar-refractivity contribution in [3.05, 3.63) is 0 Å². The van der Waals surface area contributed by atoms with Crippen molar-refractivity contribution in [2.75, 3.05) is 13.2 Å². The van der Waals surface area contributed by atoms with E-state index in [2.05, 4.69) is 6.92 Å². The van der Waals surface area contributed by atoms with E-state index in [1.54, 1.807) is 0 Å². The number of unbranched alkanes of at least 4 members (excludes halogenated alkanes) is 1. The third-order valence-corrected chi connectivity index (χ3v) is 3.79. The van der Waals surface area contributed by atoms with Crippen LogP contribution in [0.5, 0.6) is 0 Å². The van der Waals surface area contributed by atoms with E-state index in [4.69, 9.17) is 8.85 Å². The summed E-state index contributed by atoms with van der Waals surface area (Å²) >= 11 is 0. The normalized spacial score (nSPS) is 10.0. The Balaban J connectivity index is 0. The molecule has 3 nitrogen and oxygen atoms in total. The summed E-state index contributed by atoms with van der Waals surface area (Å²) in [5, 5.41) is 0. The van der Waals surface area contributed by atoms with E-state index in [-0.39, 0.29) is 5.48 Å². The molecule has 0 amide bonds. The van der Waals surface area contributed by atoms with Crippen LogP contribution in [0.2, 0.25) is 6.04 Å². The molecular formula is C8H22O3Si. The molecule has 0 aromatic carbocycles. The van der Waals surface area contributed by atoms with Crippen molar-refractivity contribution in [3.63, 3.8) is 0 Å². The van der Waals surface area contributed by atoms with Crippen molar-refractivity contribution >= 4 is 9.28 Å². The number of hydrogen-bond donors (Lipinski definition) is 0. The van der Waals surface area contributed by atoms with E-state index < -0.39 is 9.28 Å². The Morgan fingerprint density at radius 3 is 1.83 bits per heavy atom. The number of hydrogen-bond acceptors (Lipinski definition) is 2. The Bertz CT molecular complexity index is 74.7. The summed E-state index contributed by atoms with van der Waals surface area (Å²) in [6.07, 6.45) is 2.49. The molecule has 0 aliphatic rings. The van der Waals surface area contributed by atoms with Crippen LogP contribution in [0.4, 0.5) is 0 Å². The van der Waals surface area contributed by atoms with Gasteiger partial charge < -0.3 is 14.3 Å². The summed E-state index contributed by atoms with van der Waals surface area (Å²) in [6, 6.07) is 1.16. The van der Waals surface area contributed by atoms with E-state index in [0.717, 1.165) is 19.3 Å². The topological polar surface area (TPSA) is 50.0 Å². The third kappa shape index (κ3) is 8.20. The Kier molecular flexibility index (Phi) is 13.5. The monoisotopic (exact) mass is 194 g/mol. The van der Waals surface area contributed by atoms with Crippen LogP contribution in [0.15, 0.2) is 0 Å². The van der Waals surface area contributed by atoms with Gasteiger partial charge in [0.1, 0.15) is 0 Å². The first-order valence-electron chi connectivity index (χ1n) is 4.58. The fourth-order valence-corrected chi connectivity index (χ4v) is 2.87. The molecule has 0 atom stereocenters. The Labute approximate surface area is 77.2 Å². The molecule has 76 valence electrons. The van der Waals surface area contributed by atoms with Crippen LogP contribution in [-0.4, -0.2) is 28.0 Å². The molecule has 0 aliphatic carbocycles. The Hall–Kier alpha value is 0.0969. The standard InChI is InChI=1S/C8H20O2Si.H2O/c1-4-7-8-11(9-5-2)10-6-3;/h11H,4-8H2,1-3H3;1H2. The van der Waals surface area contributed by atoms with Crippen LogP contribution in [0.3, 0.4) is 0 Å². The quantitative estimate of drug-likeness (QED) is 0.573. The average Bonchev–Trinajstić information content (AvgIpc) is 2.01. The molecule has 0 spiro atoms. The SMILES string of the molecule is CCCC[SiH](OCC)OCC.O. The zero-order chi connectivity index (χ0) is 8.53. The van der Waals surface area contributed by atoms with Gasteiger partial charge in [-0.15, -0.1) is 0 Å². The second-order valence-corrected chi connectivity index (χ2v) is 4.59. The van der Waals surface area contributed by atoms with E-state index in [9.17, 15) is 0 Å². The van der Waals surface area contributed by atoms with Crippen LogP contribution < -0.4 is 0 Å². The van der Waals surface area contributed by atoms with Crippen LogP contribution in [0, 0.1) is 0 Å². The van der Waals surface area contributed by atoms with E-state index >= 15 is 0 Å². The maximum atomic E-state index is 5.50. The summed E-state index contributed by atoms with van der Waals surface area (Å²) in [6.45, 7) is 7.88. The molecule has 12 heavy (non-hydrogen) atoms. The minimum atomic E-state index is -1.25. The van der Waals surface area contributed by atoms with E-state index in [1.165, 1.54) is 12.8 Å². The van der Waals surface area contributed by atoms with Crippen LogP contribution in [0.25, 0.3) is 0 Å². The molecule has 0 rings (SSSR count). The van der Waals surface area contributed by atoms with Crippen molar-refractivity contribution in [2.45, 2.75) is 39.7 Å². The van der Waals surface area contributed by atoms with Crippen molar-refractivity contribution in [1.29, 1.82) is 0 Å². The van der Waals surface area contributed by atoms with Gasteiger partial charge in [0.15, 0.2) is 0 Å². The van der Waals surface area contributed by atoms with Gasteiger partial charge in [0.25, 0.3) is 0 Å². The molecule has 0 unspecified atom stereocenters. The molecule has 4 heteroatoms. The first-order chi connectivity index (χ1) is 5.35. The summed E-state index contributed by atoms with van der Waals surface area (Å²) in [5.74, 6) is 0. The lowest BCUT2D eigenvalue weighted by Gasteiger charge is -2.13. The van der Waals surface area contributed by atoms with Crippen LogP contribution in [0.1, 0.15) is 33.6 Å². The van der Waals surface area contributed by atoms with Gasteiger partial charge in [0.05, 0.1) is 0 Å². The molecule has 0 radical (unpaired) electrons. The van der Waals surface area contributed by atoms with E-state index in [1.807, 2.05) is 13.8 Å². The van der Waals surface area contributed by atoms with Gasteiger partial charge in [0.2, 0.25) is 0 Å². The van der Waals surface area contributed by atoms with Crippen molar-refractivity contribution in [1.82, 2.24) is 0 Å². The lowest BCUT2D eigenvalue weighted by molar-refractivity contribution is 0.213. The van der Waals surface area contributed by atoms with Gasteiger partial charge in [-0.2, -0.15) is 0 Å². The summed E-state index contributed by atoms with van der Waals surface area (Å²) in [5.41, 5.74) is 0. The fourth-order valence-electron chi connectivity index (χ4n) is 0.957. The highest BCUT2D eigenvalue weighted by Gasteiger charge is 2.09. The molecule has 0 saturated carbocycles. The Morgan fingerprint density at radius 1 is 1.00 bits per heavy atom. The van der Waals surface area contributed by atoms with Gasteiger partial charge >= 0.3 is 9.28 Å². The largest absolute Gasteiger partial charge is 0.412 e. The smallest absolute Gasteiger partial charge is 0.321 e. The molecular weight excluding hydrogens is 172 g/mol. The molecule has 0 aromatic rings. The minimum Gasteiger partial charge on any atom is -0.412 e. The molecule has 0 aromatic heterocycles. The fraction of sp³-hybridized carbons (Fsp3) is 1.00. The predicted octanol–water partition coefficient (Wildman–Crippen LogP) is 1.26. The first-order valence-corrected chi connectivity index (χ1v) is 6.34. The van der Waals surface area contributed by atoms with Crippen LogP contribution >= 0.6 is 0 Å². The van der Waals surface area contributed by atoms with Gasteiger partial charge in [-0.05, 0) is 19.9 Å².